The highest BCUT2D eigenvalue weighted by molar-refractivity contribution is 7.00. The van der Waals surface area contributed by atoms with Crippen LogP contribution in [0.4, 0.5) is 5.69 Å². The van der Waals surface area contributed by atoms with Crippen molar-refractivity contribution in [3.8, 4) is 11.5 Å². The lowest BCUT2D eigenvalue weighted by Gasteiger charge is -2.11. The number of hydrogen-bond acceptors (Lipinski definition) is 6. The number of aromatic nitrogens is 2. The van der Waals surface area contributed by atoms with Crippen LogP contribution in [-0.4, -0.2) is 19.0 Å². The van der Waals surface area contributed by atoms with Crippen LogP contribution in [0.2, 0.25) is 10.0 Å². The predicted molar refractivity (Wildman–Crippen MR) is 84.5 cm³/mol. The van der Waals surface area contributed by atoms with Gasteiger partial charge in [-0.2, -0.15) is 8.75 Å². The van der Waals surface area contributed by atoms with Gasteiger partial charge in [0.25, 0.3) is 0 Å². The monoisotopic (exact) mass is 341 g/mol. The highest BCUT2D eigenvalue weighted by atomic mass is 35.5. The summed E-state index contributed by atoms with van der Waals surface area (Å²) < 4.78 is 8.30. The molecule has 21 heavy (non-hydrogen) atoms. The maximum absolute atomic E-state index is 9.79. The summed E-state index contributed by atoms with van der Waals surface area (Å²) in [5.74, 6) is -0.334. The van der Waals surface area contributed by atoms with Crippen molar-refractivity contribution in [2.24, 2.45) is 0 Å². The zero-order chi connectivity index (χ0) is 15.0. The minimum Gasteiger partial charge on any atom is -0.504 e. The van der Waals surface area contributed by atoms with Crippen LogP contribution >= 0.6 is 34.9 Å². The topological polar surface area (TPSA) is 78.3 Å². The number of rotatable bonds is 3. The third-order valence-corrected chi connectivity index (χ3v) is 4.11. The molecule has 0 atom stereocenters. The number of anilines is 1. The first-order valence-electron chi connectivity index (χ1n) is 5.92. The van der Waals surface area contributed by atoms with E-state index in [2.05, 4.69) is 14.1 Å². The Morgan fingerprint density at radius 3 is 2.67 bits per heavy atom. The summed E-state index contributed by atoms with van der Waals surface area (Å²) >= 11 is 13.3. The molecule has 0 fully saturated rings. The molecule has 0 spiro atoms. The first-order chi connectivity index (χ1) is 10.1. The van der Waals surface area contributed by atoms with Gasteiger partial charge in [0.1, 0.15) is 11.0 Å². The molecule has 0 aliphatic carbocycles. The highest BCUT2D eigenvalue weighted by Gasteiger charge is 2.14. The number of hydrogen-bond donors (Lipinski definition) is 3. The van der Waals surface area contributed by atoms with E-state index in [9.17, 15) is 10.2 Å². The van der Waals surface area contributed by atoms with Crippen molar-refractivity contribution in [2.45, 2.75) is 6.54 Å². The van der Waals surface area contributed by atoms with Crippen LogP contribution in [0.1, 0.15) is 5.56 Å². The molecular weight excluding hydrogens is 333 g/mol. The molecule has 3 rings (SSSR count). The summed E-state index contributed by atoms with van der Waals surface area (Å²) in [6, 6.07) is 6.35. The summed E-state index contributed by atoms with van der Waals surface area (Å²) in [6.45, 7) is 0.272. The molecule has 3 aromatic rings. The standard InChI is InChI=1S/C13H9Cl2N3O2S/c14-7-4-8(15)11-12(18-21-17-11)10(7)16-5-6-2-1-3-9(19)13(6)20/h1-4,16,19-20H,5H2. The maximum atomic E-state index is 9.79. The molecule has 0 amide bonds. The normalized spacial score (nSPS) is 11.0. The van der Waals surface area contributed by atoms with E-state index in [1.807, 2.05) is 0 Å². The number of nitrogens with one attached hydrogen (secondary N) is 1. The lowest BCUT2D eigenvalue weighted by molar-refractivity contribution is 0.400. The molecule has 0 saturated carbocycles. The molecule has 0 bridgehead atoms. The summed E-state index contributed by atoms with van der Waals surface area (Å²) in [5, 5.41) is 23.2. The molecular formula is C13H9Cl2N3O2S. The number of phenolic OH excluding ortho intramolecular Hbond substituents is 2. The molecule has 1 heterocycles. The van der Waals surface area contributed by atoms with Gasteiger partial charge < -0.3 is 15.5 Å². The lowest BCUT2D eigenvalue weighted by Crippen LogP contribution is -2.01. The Labute approximate surface area is 134 Å². The van der Waals surface area contributed by atoms with Crippen LogP contribution in [0.15, 0.2) is 24.3 Å². The van der Waals surface area contributed by atoms with Crippen molar-refractivity contribution in [2.75, 3.05) is 5.32 Å². The van der Waals surface area contributed by atoms with Gasteiger partial charge in [0, 0.05) is 12.1 Å². The molecule has 3 N–H and O–H groups in total. The first-order valence-corrected chi connectivity index (χ1v) is 7.40. The molecule has 0 aliphatic rings. The molecule has 5 nitrogen and oxygen atoms in total. The summed E-state index contributed by atoms with van der Waals surface area (Å²) in [4.78, 5) is 0. The number of fused-ring (bicyclic) bond motifs is 1. The fourth-order valence-electron chi connectivity index (χ4n) is 1.95. The first kappa shape index (κ1) is 14.2. The second-order valence-electron chi connectivity index (χ2n) is 4.32. The second-order valence-corrected chi connectivity index (χ2v) is 5.66. The zero-order valence-corrected chi connectivity index (χ0v) is 12.8. The third kappa shape index (κ3) is 2.57. The van der Waals surface area contributed by atoms with Crippen LogP contribution < -0.4 is 5.32 Å². The smallest absolute Gasteiger partial charge is 0.162 e. The molecule has 2 aromatic carbocycles. The van der Waals surface area contributed by atoms with E-state index in [0.29, 0.717) is 32.3 Å². The number of nitrogens with zero attached hydrogens (tertiary/aromatic N) is 2. The average molecular weight is 342 g/mol. The van der Waals surface area contributed by atoms with Gasteiger partial charge in [0.2, 0.25) is 0 Å². The maximum Gasteiger partial charge on any atom is 0.162 e. The lowest BCUT2D eigenvalue weighted by atomic mass is 10.1. The predicted octanol–water partition coefficient (Wildman–Crippen LogP) is 4.02. The van der Waals surface area contributed by atoms with E-state index in [4.69, 9.17) is 23.2 Å². The Morgan fingerprint density at radius 2 is 1.86 bits per heavy atom. The van der Waals surface area contributed by atoms with Gasteiger partial charge in [-0.1, -0.05) is 35.3 Å². The van der Waals surface area contributed by atoms with E-state index in [1.54, 1.807) is 18.2 Å². The van der Waals surface area contributed by atoms with Gasteiger partial charge in [-0.3, -0.25) is 0 Å². The quantitative estimate of drug-likeness (QED) is 0.627. The van der Waals surface area contributed by atoms with Crippen LogP contribution in [0, 0.1) is 0 Å². The number of para-hydroxylation sites is 1. The van der Waals surface area contributed by atoms with Gasteiger partial charge in [0.05, 0.1) is 27.5 Å². The van der Waals surface area contributed by atoms with Crippen molar-refractivity contribution >= 4 is 51.7 Å². The molecule has 0 aliphatic heterocycles. The Bertz CT molecular complexity index is 823. The Morgan fingerprint density at radius 1 is 1.10 bits per heavy atom. The zero-order valence-electron chi connectivity index (χ0n) is 10.5. The largest absolute Gasteiger partial charge is 0.504 e. The summed E-state index contributed by atoms with van der Waals surface area (Å²) in [5.41, 5.74) is 2.29. The fraction of sp³-hybridized carbons (Fsp3) is 0.0769. The SMILES string of the molecule is Oc1cccc(CNc2c(Cl)cc(Cl)c3nsnc23)c1O. The molecule has 1 aromatic heterocycles. The number of aromatic hydroxyl groups is 2. The van der Waals surface area contributed by atoms with Crippen molar-refractivity contribution < 1.29 is 10.2 Å². The third-order valence-electron chi connectivity index (χ3n) is 3.00. The van der Waals surface area contributed by atoms with Gasteiger partial charge in [-0.15, -0.1) is 0 Å². The minimum atomic E-state index is -0.169. The Kier molecular flexibility index (Phi) is 3.75. The van der Waals surface area contributed by atoms with Crippen LogP contribution in [0.3, 0.4) is 0 Å². The minimum absolute atomic E-state index is 0.164. The van der Waals surface area contributed by atoms with E-state index >= 15 is 0 Å². The van der Waals surface area contributed by atoms with Crippen LogP contribution in [0.5, 0.6) is 11.5 Å². The molecule has 8 heteroatoms. The van der Waals surface area contributed by atoms with Gasteiger partial charge in [-0.05, 0) is 12.1 Å². The van der Waals surface area contributed by atoms with E-state index in [1.165, 1.54) is 6.07 Å². The average Bonchev–Trinajstić information content (AvgIpc) is 2.92. The molecule has 0 radical (unpaired) electrons. The summed E-state index contributed by atoms with van der Waals surface area (Å²) in [6.07, 6.45) is 0. The Balaban J connectivity index is 1.95. The van der Waals surface area contributed by atoms with Gasteiger partial charge in [0.15, 0.2) is 11.5 Å². The van der Waals surface area contributed by atoms with Crippen LogP contribution in [0.25, 0.3) is 11.0 Å². The number of halogens is 2. The molecule has 0 saturated heterocycles. The fourth-order valence-corrected chi connectivity index (χ4v) is 3.13. The number of benzene rings is 2. The Hall–Kier alpha value is -1.76. The van der Waals surface area contributed by atoms with Crippen molar-refractivity contribution in [3.05, 3.63) is 39.9 Å². The number of phenols is 2. The molecule has 0 unspecified atom stereocenters. The van der Waals surface area contributed by atoms with Gasteiger partial charge >= 0.3 is 0 Å². The van der Waals surface area contributed by atoms with E-state index in [0.717, 1.165) is 11.7 Å². The van der Waals surface area contributed by atoms with E-state index < -0.39 is 0 Å². The summed E-state index contributed by atoms with van der Waals surface area (Å²) in [7, 11) is 0. The van der Waals surface area contributed by atoms with Crippen molar-refractivity contribution in [3.63, 3.8) is 0 Å². The van der Waals surface area contributed by atoms with Crippen LogP contribution in [-0.2, 0) is 6.54 Å². The van der Waals surface area contributed by atoms with Crippen molar-refractivity contribution in [1.82, 2.24) is 8.75 Å². The van der Waals surface area contributed by atoms with Crippen molar-refractivity contribution in [1.29, 1.82) is 0 Å². The van der Waals surface area contributed by atoms with Gasteiger partial charge in [-0.25, -0.2) is 0 Å². The van der Waals surface area contributed by atoms with E-state index in [-0.39, 0.29) is 18.0 Å². The second kappa shape index (κ2) is 5.55. The molecule has 108 valence electrons. The highest BCUT2D eigenvalue weighted by Crippen LogP contribution is 2.36.